The number of aromatic nitrogens is 5. The zero-order valence-electron chi connectivity index (χ0n) is 21.7. The third-order valence-corrected chi connectivity index (χ3v) is 7.71. The number of H-pyrrole nitrogens is 1. The van der Waals surface area contributed by atoms with Gasteiger partial charge in [-0.25, -0.2) is 19.3 Å². The van der Waals surface area contributed by atoms with Gasteiger partial charge in [0.2, 0.25) is 0 Å². The van der Waals surface area contributed by atoms with Crippen LogP contribution in [0, 0.1) is 5.82 Å². The molecule has 5 heterocycles. The number of benzene rings is 1. The Hall–Kier alpha value is -4.05. The van der Waals surface area contributed by atoms with Crippen LogP contribution in [-0.4, -0.2) is 67.5 Å². The van der Waals surface area contributed by atoms with Gasteiger partial charge in [0.25, 0.3) is 5.91 Å². The number of pyridine rings is 1. The molecule has 2 atom stereocenters. The minimum atomic E-state index is -0.333. The maximum Gasteiger partial charge on any atom is 0.274 e. The molecule has 0 saturated carbocycles. The van der Waals surface area contributed by atoms with Crippen molar-refractivity contribution in [3.05, 3.63) is 66.6 Å². The van der Waals surface area contributed by atoms with Crippen molar-refractivity contribution in [3.8, 4) is 22.8 Å². The first-order valence-corrected chi connectivity index (χ1v) is 13.0. The monoisotopic (exact) mass is 514 g/mol. The van der Waals surface area contributed by atoms with Crippen molar-refractivity contribution in [2.45, 2.75) is 44.8 Å². The number of carbonyl (C=O) groups excluding carboxylic acids is 1. The Kier molecular flexibility index (Phi) is 6.19. The molecule has 0 aliphatic carbocycles. The summed E-state index contributed by atoms with van der Waals surface area (Å²) in [6, 6.07) is 11.3. The molecule has 9 nitrogen and oxygen atoms in total. The van der Waals surface area contributed by atoms with E-state index < -0.39 is 0 Å². The van der Waals surface area contributed by atoms with E-state index in [0.717, 1.165) is 30.0 Å². The zero-order valence-corrected chi connectivity index (χ0v) is 21.7. The van der Waals surface area contributed by atoms with E-state index in [4.69, 9.17) is 0 Å². The first-order chi connectivity index (χ1) is 18.4. The molecule has 6 rings (SSSR count). The van der Waals surface area contributed by atoms with Crippen molar-refractivity contribution in [2.75, 3.05) is 30.4 Å². The number of fused-ring (bicyclic) bond motifs is 2. The van der Waals surface area contributed by atoms with Gasteiger partial charge >= 0.3 is 0 Å². The van der Waals surface area contributed by atoms with Crippen LogP contribution in [0.4, 0.5) is 15.9 Å². The Morgan fingerprint density at radius 1 is 1.03 bits per heavy atom. The second kappa shape index (κ2) is 9.68. The van der Waals surface area contributed by atoms with Crippen LogP contribution in [-0.2, 0) is 0 Å². The molecule has 2 saturated heterocycles. The summed E-state index contributed by atoms with van der Waals surface area (Å²) < 4.78 is 15.5. The van der Waals surface area contributed by atoms with Gasteiger partial charge in [-0.15, -0.1) is 0 Å². The van der Waals surface area contributed by atoms with Gasteiger partial charge in [-0.3, -0.25) is 9.69 Å². The third kappa shape index (κ3) is 4.45. The Morgan fingerprint density at radius 2 is 1.76 bits per heavy atom. The number of hydrogen-bond donors (Lipinski definition) is 2. The number of nitrogens with one attached hydrogen (secondary N) is 2. The number of imidazole rings is 2. The summed E-state index contributed by atoms with van der Waals surface area (Å²) in [6.07, 6.45) is 7.56. The van der Waals surface area contributed by atoms with Gasteiger partial charge in [0.15, 0.2) is 5.82 Å². The number of hydrogen-bond acceptors (Lipinski definition) is 6. The lowest BCUT2D eigenvalue weighted by atomic mass is 10.1. The highest BCUT2D eigenvalue weighted by molar-refractivity contribution is 6.02. The molecule has 0 spiro atoms. The maximum atomic E-state index is 13.5. The molecule has 2 bridgehead atoms. The van der Waals surface area contributed by atoms with Gasteiger partial charge in [0, 0.05) is 36.8 Å². The van der Waals surface area contributed by atoms with Gasteiger partial charge in [-0.1, -0.05) is 0 Å². The number of aromatic amines is 1. The SMILES string of the molecule is CC(C)n1cnc(-c2ccc(F)cc2)c1-c1ncc(C(=O)Nc2ccc(N3C[C@H]4CC[C@@H](C3)N4C)cn2)[nH]1. The second-order valence-electron chi connectivity index (χ2n) is 10.4. The predicted molar refractivity (Wildman–Crippen MR) is 145 cm³/mol. The number of carbonyl (C=O) groups is 1. The standard InChI is InChI=1S/C28H31FN8O/c1-17(2)37-16-32-25(18-4-6-19(29)7-5-18)26(37)27-31-13-23(33-27)28(38)34-24-11-10-20(12-30-24)36-14-21-8-9-22(15-36)35(21)3/h4-7,10-13,16-17,21-22H,8-9,14-15H2,1-3H3,(H,31,33)(H,30,34,38)/t21-,22+. The summed E-state index contributed by atoms with van der Waals surface area (Å²) in [4.78, 5) is 34.6. The van der Waals surface area contributed by atoms with E-state index in [-0.39, 0.29) is 17.8 Å². The smallest absolute Gasteiger partial charge is 0.274 e. The lowest BCUT2D eigenvalue weighted by Gasteiger charge is -2.40. The van der Waals surface area contributed by atoms with E-state index >= 15 is 0 Å². The van der Waals surface area contributed by atoms with E-state index in [0.29, 0.717) is 35.1 Å². The van der Waals surface area contributed by atoms with Gasteiger partial charge in [0.1, 0.15) is 23.0 Å². The molecule has 1 aromatic carbocycles. The lowest BCUT2D eigenvalue weighted by Crippen LogP contribution is -2.52. The van der Waals surface area contributed by atoms with Crippen molar-refractivity contribution < 1.29 is 9.18 Å². The first-order valence-electron chi connectivity index (χ1n) is 13.0. The van der Waals surface area contributed by atoms with Crippen molar-refractivity contribution in [3.63, 3.8) is 0 Å². The fraction of sp³-hybridized carbons (Fsp3) is 0.357. The summed E-state index contributed by atoms with van der Waals surface area (Å²) in [6.45, 7) is 6.09. The summed E-state index contributed by atoms with van der Waals surface area (Å²) >= 11 is 0. The Labute approximate surface area is 220 Å². The molecule has 0 radical (unpaired) electrons. The lowest BCUT2D eigenvalue weighted by molar-refractivity contribution is 0.102. The normalized spacial score (nSPS) is 19.3. The van der Waals surface area contributed by atoms with Crippen molar-refractivity contribution >= 4 is 17.4 Å². The van der Waals surface area contributed by atoms with Gasteiger partial charge in [-0.05, 0) is 70.1 Å². The van der Waals surface area contributed by atoms with Crippen LogP contribution in [0.5, 0.6) is 0 Å². The third-order valence-electron chi connectivity index (χ3n) is 7.71. The average Bonchev–Trinajstić information content (AvgIpc) is 3.61. The molecule has 0 unspecified atom stereocenters. The molecule has 1 amide bonds. The molecule has 2 aliphatic heterocycles. The quantitative estimate of drug-likeness (QED) is 0.391. The van der Waals surface area contributed by atoms with E-state index in [1.807, 2.05) is 36.7 Å². The minimum absolute atomic E-state index is 0.104. The van der Waals surface area contributed by atoms with E-state index in [9.17, 15) is 9.18 Å². The van der Waals surface area contributed by atoms with Crippen LogP contribution in [0.3, 0.4) is 0 Å². The number of anilines is 2. The fourth-order valence-corrected chi connectivity index (χ4v) is 5.52. The predicted octanol–water partition coefficient (Wildman–Crippen LogP) is 4.59. The highest BCUT2D eigenvalue weighted by atomic mass is 19.1. The van der Waals surface area contributed by atoms with Crippen LogP contribution in [0.25, 0.3) is 22.8 Å². The number of nitrogens with zero attached hydrogens (tertiary/aromatic N) is 6. The first kappa shape index (κ1) is 24.3. The second-order valence-corrected chi connectivity index (χ2v) is 10.4. The molecular weight excluding hydrogens is 483 g/mol. The maximum absolute atomic E-state index is 13.5. The van der Waals surface area contributed by atoms with Crippen LogP contribution in [0.1, 0.15) is 43.2 Å². The van der Waals surface area contributed by atoms with E-state index in [1.165, 1.54) is 31.2 Å². The van der Waals surface area contributed by atoms with Crippen LogP contribution >= 0.6 is 0 Å². The van der Waals surface area contributed by atoms with Crippen LogP contribution in [0.2, 0.25) is 0 Å². The molecule has 38 heavy (non-hydrogen) atoms. The molecule has 2 aliphatic rings. The molecule has 2 N–H and O–H groups in total. The van der Waals surface area contributed by atoms with Crippen LogP contribution < -0.4 is 10.2 Å². The summed E-state index contributed by atoms with van der Waals surface area (Å²) in [7, 11) is 2.22. The Morgan fingerprint density at radius 3 is 2.42 bits per heavy atom. The number of halogens is 1. The highest BCUT2D eigenvalue weighted by Crippen LogP contribution is 2.33. The number of piperazine rings is 1. The molecule has 196 valence electrons. The molecule has 3 aromatic heterocycles. The minimum Gasteiger partial charge on any atom is -0.367 e. The van der Waals surface area contributed by atoms with Crippen molar-refractivity contribution in [2.24, 2.45) is 0 Å². The summed E-state index contributed by atoms with van der Waals surface area (Å²) in [5.41, 5.74) is 3.54. The highest BCUT2D eigenvalue weighted by Gasteiger charge is 2.37. The summed E-state index contributed by atoms with van der Waals surface area (Å²) in [5.74, 6) is 0.341. The molecule has 10 heteroatoms. The van der Waals surface area contributed by atoms with E-state index in [1.54, 1.807) is 18.5 Å². The van der Waals surface area contributed by atoms with E-state index in [2.05, 4.69) is 42.1 Å². The van der Waals surface area contributed by atoms with Crippen LogP contribution in [0.15, 0.2) is 55.1 Å². The molecule has 2 fully saturated rings. The average molecular weight is 515 g/mol. The summed E-state index contributed by atoms with van der Waals surface area (Å²) in [5, 5.41) is 2.86. The van der Waals surface area contributed by atoms with Crippen molar-refractivity contribution in [1.82, 2.24) is 29.4 Å². The molecular formula is C28H31FN8O. The Bertz CT molecular complexity index is 1430. The number of likely N-dealkylation sites (N-methyl/N-ethyl adjacent to an activating group) is 1. The van der Waals surface area contributed by atoms with Crippen molar-refractivity contribution in [1.29, 1.82) is 0 Å². The Balaban J connectivity index is 1.19. The number of amides is 1. The zero-order chi connectivity index (χ0) is 26.4. The topological polar surface area (TPSA) is 95.0 Å². The fourth-order valence-electron chi connectivity index (χ4n) is 5.52. The number of rotatable bonds is 6. The largest absolute Gasteiger partial charge is 0.367 e. The molecule has 4 aromatic rings. The van der Waals surface area contributed by atoms with Gasteiger partial charge < -0.3 is 19.8 Å². The van der Waals surface area contributed by atoms with Gasteiger partial charge in [0.05, 0.1) is 30.1 Å². The van der Waals surface area contributed by atoms with Gasteiger partial charge in [-0.2, -0.15) is 0 Å².